The van der Waals surface area contributed by atoms with Gasteiger partial charge in [0.1, 0.15) is 22.7 Å². The minimum absolute atomic E-state index is 0.0598. The molecule has 0 saturated heterocycles. The first kappa shape index (κ1) is 15.0. The predicted molar refractivity (Wildman–Crippen MR) is 82.3 cm³/mol. The molecule has 0 radical (unpaired) electrons. The number of esters is 1. The minimum Gasteiger partial charge on any atom is -0.459 e. The normalized spacial score (nSPS) is 15.0. The zero-order valence-electron chi connectivity index (χ0n) is 11.4. The van der Waals surface area contributed by atoms with Crippen LogP contribution in [0.3, 0.4) is 0 Å². The van der Waals surface area contributed by atoms with E-state index < -0.39 is 0 Å². The number of carbonyl (C=O) groups is 1. The second-order valence-electron chi connectivity index (χ2n) is 4.85. The van der Waals surface area contributed by atoms with E-state index in [-0.39, 0.29) is 22.4 Å². The van der Waals surface area contributed by atoms with Gasteiger partial charge in [0.15, 0.2) is 5.82 Å². The first-order valence-electron chi connectivity index (χ1n) is 6.73. The maximum atomic E-state index is 11.6. The molecule has 1 saturated carbocycles. The van der Waals surface area contributed by atoms with Crippen molar-refractivity contribution in [3.05, 3.63) is 34.8 Å². The summed E-state index contributed by atoms with van der Waals surface area (Å²) in [5.41, 5.74) is 0.647. The number of aromatic nitrogens is 4. The SMILES string of the molecule is O=C(/C=C\n1cnc(-c2cc(Cl)nc(Cl)c2)n1)OC1CCC1. The molecule has 22 heavy (non-hydrogen) atoms. The van der Waals surface area contributed by atoms with Crippen molar-refractivity contribution in [1.82, 2.24) is 19.7 Å². The van der Waals surface area contributed by atoms with E-state index in [2.05, 4.69) is 15.1 Å². The Morgan fingerprint density at radius 3 is 2.68 bits per heavy atom. The molecule has 1 aliphatic carbocycles. The Morgan fingerprint density at radius 1 is 1.32 bits per heavy atom. The molecule has 6 nitrogen and oxygen atoms in total. The third kappa shape index (κ3) is 3.64. The molecule has 0 spiro atoms. The molecular weight excluding hydrogens is 327 g/mol. The van der Waals surface area contributed by atoms with Crippen LogP contribution in [0.1, 0.15) is 19.3 Å². The van der Waals surface area contributed by atoms with Crippen LogP contribution in [-0.2, 0) is 9.53 Å². The summed E-state index contributed by atoms with van der Waals surface area (Å²) in [5.74, 6) is 0.0555. The summed E-state index contributed by atoms with van der Waals surface area (Å²) in [6, 6.07) is 3.23. The Bertz CT molecular complexity index is 705. The molecule has 114 valence electrons. The molecule has 2 heterocycles. The molecule has 0 amide bonds. The van der Waals surface area contributed by atoms with Crippen molar-refractivity contribution in [3.8, 4) is 11.4 Å². The lowest BCUT2D eigenvalue weighted by atomic mass is 9.96. The number of hydrogen-bond donors (Lipinski definition) is 0. The zero-order valence-corrected chi connectivity index (χ0v) is 13.0. The van der Waals surface area contributed by atoms with Gasteiger partial charge in [-0.15, -0.1) is 5.10 Å². The monoisotopic (exact) mass is 338 g/mol. The molecule has 1 fully saturated rings. The molecule has 1 aliphatic rings. The lowest BCUT2D eigenvalue weighted by molar-refractivity contribution is -0.146. The Kier molecular flexibility index (Phi) is 4.40. The van der Waals surface area contributed by atoms with Crippen molar-refractivity contribution in [2.24, 2.45) is 0 Å². The zero-order chi connectivity index (χ0) is 15.5. The van der Waals surface area contributed by atoms with E-state index in [1.54, 1.807) is 12.1 Å². The van der Waals surface area contributed by atoms with Gasteiger partial charge in [-0.1, -0.05) is 23.2 Å². The second kappa shape index (κ2) is 6.46. The first-order chi connectivity index (χ1) is 10.6. The highest BCUT2D eigenvalue weighted by Crippen LogP contribution is 2.23. The van der Waals surface area contributed by atoms with Crippen LogP contribution in [0.4, 0.5) is 0 Å². The fraction of sp³-hybridized carbons (Fsp3) is 0.286. The van der Waals surface area contributed by atoms with Gasteiger partial charge in [-0.05, 0) is 31.4 Å². The van der Waals surface area contributed by atoms with Gasteiger partial charge in [-0.2, -0.15) is 0 Å². The van der Waals surface area contributed by atoms with Gasteiger partial charge in [-0.25, -0.2) is 19.4 Å². The van der Waals surface area contributed by atoms with Crippen LogP contribution in [0.15, 0.2) is 24.5 Å². The lowest BCUT2D eigenvalue weighted by Gasteiger charge is -2.24. The minimum atomic E-state index is -0.378. The van der Waals surface area contributed by atoms with Gasteiger partial charge in [-0.3, -0.25) is 0 Å². The van der Waals surface area contributed by atoms with Crippen molar-refractivity contribution in [2.75, 3.05) is 0 Å². The number of hydrogen-bond acceptors (Lipinski definition) is 5. The van der Waals surface area contributed by atoms with Gasteiger partial charge >= 0.3 is 5.97 Å². The van der Waals surface area contributed by atoms with Crippen LogP contribution < -0.4 is 0 Å². The van der Waals surface area contributed by atoms with Crippen LogP contribution in [-0.4, -0.2) is 31.8 Å². The van der Waals surface area contributed by atoms with Crippen molar-refractivity contribution >= 4 is 35.4 Å². The quantitative estimate of drug-likeness (QED) is 0.486. The highest BCUT2D eigenvalue weighted by molar-refractivity contribution is 6.32. The Balaban J connectivity index is 1.69. The number of nitrogens with zero attached hydrogens (tertiary/aromatic N) is 4. The summed E-state index contributed by atoms with van der Waals surface area (Å²) < 4.78 is 6.62. The second-order valence-corrected chi connectivity index (χ2v) is 5.63. The summed E-state index contributed by atoms with van der Waals surface area (Å²) in [6.07, 6.45) is 7.35. The molecule has 0 N–H and O–H groups in total. The van der Waals surface area contributed by atoms with Crippen molar-refractivity contribution in [3.63, 3.8) is 0 Å². The van der Waals surface area contributed by atoms with Gasteiger partial charge in [0.25, 0.3) is 0 Å². The van der Waals surface area contributed by atoms with Crippen LogP contribution in [0.25, 0.3) is 17.6 Å². The van der Waals surface area contributed by atoms with E-state index in [0.29, 0.717) is 11.4 Å². The number of rotatable bonds is 4. The number of carbonyl (C=O) groups excluding carboxylic acids is 1. The van der Waals surface area contributed by atoms with Crippen LogP contribution >= 0.6 is 23.2 Å². The molecule has 0 atom stereocenters. The van der Waals surface area contributed by atoms with Gasteiger partial charge in [0, 0.05) is 17.8 Å². The van der Waals surface area contributed by atoms with E-state index in [1.807, 2.05) is 0 Å². The molecule has 2 aromatic rings. The molecule has 2 aromatic heterocycles. The predicted octanol–water partition coefficient (Wildman–Crippen LogP) is 3.21. The molecule has 0 bridgehead atoms. The largest absolute Gasteiger partial charge is 0.459 e. The van der Waals surface area contributed by atoms with Gasteiger partial charge in [0.05, 0.1) is 0 Å². The standard InChI is InChI=1S/C14H12Cl2N4O2/c15-11-6-9(7-12(16)18-11)14-17-8-20(19-14)5-4-13(21)22-10-2-1-3-10/h4-8,10H,1-3H2/b5-4-. The van der Waals surface area contributed by atoms with Gasteiger partial charge in [0.2, 0.25) is 0 Å². The van der Waals surface area contributed by atoms with E-state index >= 15 is 0 Å². The van der Waals surface area contributed by atoms with E-state index in [1.165, 1.54) is 23.3 Å². The average molecular weight is 339 g/mol. The fourth-order valence-electron chi connectivity index (χ4n) is 1.90. The number of ether oxygens (including phenoxy) is 1. The van der Waals surface area contributed by atoms with Crippen molar-refractivity contribution < 1.29 is 9.53 Å². The fourth-order valence-corrected chi connectivity index (χ4v) is 2.36. The smallest absolute Gasteiger partial charge is 0.332 e. The Hall–Kier alpha value is -1.92. The topological polar surface area (TPSA) is 69.9 Å². The van der Waals surface area contributed by atoms with Gasteiger partial charge < -0.3 is 4.74 Å². The molecule has 0 aromatic carbocycles. The molecule has 8 heteroatoms. The summed E-state index contributed by atoms with van der Waals surface area (Å²) in [5, 5.41) is 4.74. The molecule has 0 unspecified atom stereocenters. The Labute approximate surface area is 136 Å². The van der Waals surface area contributed by atoms with Crippen molar-refractivity contribution in [2.45, 2.75) is 25.4 Å². The maximum absolute atomic E-state index is 11.6. The Morgan fingerprint density at radius 2 is 2.05 bits per heavy atom. The van der Waals surface area contributed by atoms with Crippen LogP contribution in [0.5, 0.6) is 0 Å². The average Bonchev–Trinajstić information content (AvgIpc) is 2.88. The lowest BCUT2D eigenvalue weighted by Crippen LogP contribution is -2.24. The first-order valence-corrected chi connectivity index (χ1v) is 7.49. The maximum Gasteiger partial charge on any atom is 0.332 e. The number of pyridine rings is 1. The highest BCUT2D eigenvalue weighted by Gasteiger charge is 2.20. The summed E-state index contributed by atoms with van der Waals surface area (Å²) in [7, 11) is 0. The van der Waals surface area contributed by atoms with E-state index in [0.717, 1.165) is 19.3 Å². The molecule has 0 aliphatic heterocycles. The van der Waals surface area contributed by atoms with E-state index in [9.17, 15) is 4.79 Å². The third-order valence-electron chi connectivity index (χ3n) is 3.23. The van der Waals surface area contributed by atoms with Crippen molar-refractivity contribution in [1.29, 1.82) is 0 Å². The highest BCUT2D eigenvalue weighted by atomic mass is 35.5. The summed E-state index contributed by atoms with van der Waals surface area (Å²) in [6.45, 7) is 0. The summed E-state index contributed by atoms with van der Waals surface area (Å²) >= 11 is 11.7. The molecular formula is C14H12Cl2N4O2. The van der Waals surface area contributed by atoms with Crippen LogP contribution in [0, 0.1) is 0 Å². The molecule has 3 rings (SSSR count). The van der Waals surface area contributed by atoms with Crippen LogP contribution in [0.2, 0.25) is 10.3 Å². The third-order valence-corrected chi connectivity index (χ3v) is 3.62. The number of halogens is 2. The summed E-state index contributed by atoms with van der Waals surface area (Å²) in [4.78, 5) is 19.6. The van der Waals surface area contributed by atoms with E-state index in [4.69, 9.17) is 27.9 Å².